The lowest BCUT2D eigenvalue weighted by atomic mass is 9.65. The Morgan fingerprint density at radius 3 is 2.59 bits per heavy atom. The van der Waals surface area contributed by atoms with Crippen molar-refractivity contribution in [2.24, 2.45) is 17.6 Å². The first-order valence-electron chi connectivity index (χ1n) is 14.0. The fraction of sp³-hybridized carbons (Fsp3) is 0.452. The van der Waals surface area contributed by atoms with Gasteiger partial charge >= 0.3 is 5.97 Å². The van der Waals surface area contributed by atoms with Crippen LogP contribution in [-0.2, 0) is 14.3 Å². The summed E-state index contributed by atoms with van der Waals surface area (Å²) in [5, 5.41) is 31.4. The van der Waals surface area contributed by atoms with Crippen molar-refractivity contribution in [3.8, 4) is 11.5 Å². The number of aryl methyl sites for hydroxylation is 1. The number of rotatable bonds is 6. The lowest BCUT2D eigenvalue weighted by Gasteiger charge is -2.37. The molecule has 2 aliphatic heterocycles. The number of benzene rings is 2. The Morgan fingerprint density at radius 2 is 1.85 bits per heavy atom. The molecule has 0 bridgehead atoms. The molecule has 0 saturated carbocycles. The zero-order chi connectivity index (χ0) is 29.2. The van der Waals surface area contributed by atoms with Gasteiger partial charge in [0.2, 0.25) is 6.29 Å². The molecule has 5 N–H and O–H groups in total. The van der Waals surface area contributed by atoms with E-state index >= 15 is 0 Å². The molecule has 2 unspecified atom stereocenters. The molecule has 0 radical (unpaired) electrons. The molecular weight excluding hydrogens is 530 g/mol. The minimum Gasteiger partial charge on any atom is -0.507 e. The van der Waals surface area contributed by atoms with Gasteiger partial charge in [-0.15, -0.1) is 0 Å². The number of ketones is 2. The summed E-state index contributed by atoms with van der Waals surface area (Å²) in [6, 6.07) is 7.97. The number of hydrogen-bond acceptors (Lipinski definition) is 10. The van der Waals surface area contributed by atoms with Gasteiger partial charge in [0.1, 0.15) is 23.7 Å². The number of unbranched alkanes of at least 4 members (excludes halogenated alkanes) is 1. The van der Waals surface area contributed by atoms with Gasteiger partial charge in [-0.05, 0) is 50.9 Å². The van der Waals surface area contributed by atoms with Crippen molar-refractivity contribution in [3.63, 3.8) is 0 Å². The SMILES string of the molecule is Cc1cc(O)c2c(c1)[C@H]1OC(=O)[C@H](CCCCN)C1C1=C2C(=O)c2cccc(OC3C[C@@H](O)[C@@H](O)[C@H](C)O3)c2C1=O. The lowest BCUT2D eigenvalue weighted by molar-refractivity contribution is -0.216. The van der Waals surface area contributed by atoms with Crippen molar-refractivity contribution in [1.29, 1.82) is 0 Å². The smallest absolute Gasteiger partial charge is 0.310 e. The monoisotopic (exact) mass is 563 g/mol. The summed E-state index contributed by atoms with van der Waals surface area (Å²) >= 11 is 0. The summed E-state index contributed by atoms with van der Waals surface area (Å²) in [6.45, 7) is 3.86. The molecule has 7 atom stereocenters. The van der Waals surface area contributed by atoms with E-state index in [2.05, 4.69) is 0 Å². The van der Waals surface area contributed by atoms with Crippen LogP contribution in [0.25, 0.3) is 5.57 Å². The number of esters is 1. The van der Waals surface area contributed by atoms with Gasteiger partial charge < -0.3 is 35.3 Å². The summed E-state index contributed by atoms with van der Waals surface area (Å²) in [5.41, 5.74) is 7.48. The van der Waals surface area contributed by atoms with Crippen LogP contribution in [-0.4, -0.2) is 64.0 Å². The van der Waals surface area contributed by atoms with Crippen molar-refractivity contribution >= 4 is 23.1 Å². The van der Waals surface area contributed by atoms with Crippen LogP contribution in [0.15, 0.2) is 35.9 Å². The second kappa shape index (κ2) is 10.4. The highest BCUT2D eigenvalue weighted by atomic mass is 16.7. The molecule has 0 spiro atoms. The van der Waals surface area contributed by atoms with E-state index in [1.807, 2.05) is 0 Å². The molecule has 2 fully saturated rings. The van der Waals surface area contributed by atoms with Crippen molar-refractivity contribution in [2.75, 3.05) is 6.54 Å². The van der Waals surface area contributed by atoms with Gasteiger partial charge in [0, 0.05) is 40.2 Å². The molecule has 41 heavy (non-hydrogen) atoms. The molecule has 216 valence electrons. The van der Waals surface area contributed by atoms with Gasteiger partial charge in [-0.1, -0.05) is 24.6 Å². The molecule has 10 heteroatoms. The third kappa shape index (κ3) is 4.37. The quantitative estimate of drug-likeness (QED) is 0.303. The average Bonchev–Trinajstić information content (AvgIpc) is 3.25. The number of carbonyl (C=O) groups is 3. The highest BCUT2D eigenvalue weighted by molar-refractivity contribution is 6.42. The molecule has 6 rings (SSSR count). The van der Waals surface area contributed by atoms with Crippen LogP contribution in [0.5, 0.6) is 11.5 Å². The van der Waals surface area contributed by atoms with Crippen LogP contribution in [0.1, 0.15) is 76.1 Å². The van der Waals surface area contributed by atoms with Gasteiger partial charge in [0.15, 0.2) is 11.6 Å². The summed E-state index contributed by atoms with van der Waals surface area (Å²) < 4.78 is 17.6. The standard InChI is InChI=1S/C31H33NO9/c1-13-10-17-22(18(33)11-13)25-26(24-16(6-3-4-9-32)31(38)41-30(17)24)29(37)23-15(28(25)36)7-5-8-20(23)40-21-12-19(34)27(35)14(2)39-21/h5,7-8,10-11,14,16,19,21,24,27,30,33-35H,3-4,6,9,12,32H2,1-2H3/t14-,16+,19+,21?,24?,27-,30+/m0/s1. The zero-order valence-corrected chi connectivity index (χ0v) is 22.8. The van der Waals surface area contributed by atoms with E-state index in [4.69, 9.17) is 19.9 Å². The molecule has 0 amide bonds. The normalized spacial score (nSPS) is 30.4. The molecule has 0 aromatic heterocycles. The Kier molecular flexibility index (Phi) is 6.97. The number of aliphatic hydroxyl groups excluding tert-OH is 2. The maximum Gasteiger partial charge on any atom is 0.310 e. The first kappa shape index (κ1) is 27.6. The number of ether oxygens (including phenoxy) is 3. The fourth-order valence-corrected chi connectivity index (χ4v) is 6.72. The maximum absolute atomic E-state index is 14.5. The zero-order valence-electron chi connectivity index (χ0n) is 22.8. The number of aromatic hydroxyl groups is 1. The first-order chi connectivity index (χ1) is 19.6. The van der Waals surface area contributed by atoms with Gasteiger partial charge in [-0.3, -0.25) is 14.4 Å². The largest absolute Gasteiger partial charge is 0.507 e. The summed E-state index contributed by atoms with van der Waals surface area (Å²) in [4.78, 5) is 41.9. The van der Waals surface area contributed by atoms with Crippen molar-refractivity contribution in [3.05, 3.63) is 63.7 Å². The van der Waals surface area contributed by atoms with E-state index in [0.29, 0.717) is 31.4 Å². The topological polar surface area (TPSA) is 166 Å². The van der Waals surface area contributed by atoms with Crippen molar-refractivity contribution in [1.82, 2.24) is 0 Å². The summed E-state index contributed by atoms with van der Waals surface area (Å²) in [6.07, 6.45) is -2.97. The van der Waals surface area contributed by atoms with Gasteiger partial charge in [-0.2, -0.15) is 0 Å². The van der Waals surface area contributed by atoms with E-state index in [1.165, 1.54) is 12.1 Å². The van der Waals surface area contributed by atoms with Crippen LogP contribution in [0.2, 0.25) is 0 Å². The number of aliphatic hydroxyl groups is 2. The molecule has 10 nitrogen and oxygen atoms in total. The molecule has 2 saturated heterocycles. The van der Waals surface area contributed by atoms with E-state index in [1.54, 1.807) is 32.0 Å². The summed E-state index contributed by atoms with van der Waals surface area (Å²) in [5.74, 6) is -2.88. The Morgan fingerprint density at radius 1 is 1.07 bits per heavy atom. The highest BCUT2D eigenvalue weighted by Crippen LogP contribution is 2.57. The molecule has 2 aromatic rings. The second-order valence-electron chi connectivity index (χ2n) is 11.3. The number of carbonyl (C=O) groups excluding carboxylic acids is 3. The van der Waals surface area contributed by atoms with E-state index in [9.17, 15) is 29.7 Å². The maximum atomic E-state index is 14.5. The highest BCUT2D eigenvalue weighted by Gasteiger charge is 2.55. The number of phenolic OH excluding ortho intramolecular Hbond substituents is 1. The first-order valence-corrected chi connectivity index (χ1v) is 14.0. The number of fused-ring (bicyclic) bond motifs is 6. The summed E-state index contributed by atoms with van der Waals surface area (Å²) in [7, 11) is 0. The van der Waals surface area contributed by atoms with E-state index < -0.39 is 60.1 Å². The van der Waals surface area contributed by atoms with E-state index in [-0.39, 0.29) is 45.8 Å². The minimum atomic E-state index is -1.09. The van der Waals surface area contributed by atoms with Crippen molar-refractivity contribution in [2.45, 2.75) is 70.2 Å². The van der Waals surface area contributed by atoms with Gasteiger partial charge in [0.05, 0.1) is 23.7 Å². The van der Waals surface area contributed by atoms with Gasteiger partial charge in [0.25, 0.3) is 0 Å². The van der Waals surface area contributed by atoms with Crippen LogP contribution in [0, 0.1) is 18.8 Å². The van der Waals surface area contributed by atoms with E-state index in [0.717, 1.165) is 5.56 Å². The predicted octanol–water partition coefficient (Wildman–Crippen LogP) is 2.74. The number of nitrogens with two attached hydrogens (primary N) is 1. The fourth-order valence-electron chi connectivity index (χ4n) is 6.72. The Labute approximate surface area is 236 Å². The van der Waals surface area contributed by atoms with Crippen LogP contribution >= 0.6 is 0 Å². The van der Waals surface area contributed by atoms with Crippen LogP contribution < -0.4 is 10.5 Å². The van der Waals surface area contributed by atoms with Crippen LogP contribution in [0.4, 0.5) is 0 Å². The predicted molar refractivity (Wildman–Crippen MR) is 145 cm³/mol. The number of allylic oxidation sites excluding steroid dienone is 1. The molecular formula is C31H33NO9. The second-order valence-corrected chi connectivity index (χ2v) is 11.3. The molecule has 2 aromatic carbocycles. The van der Waals surface area contributed by atoms with Crippen molar-refractivity contribution < 1.29 is 43.9 Å². The Hall–Kier alpha value is -3.57. The minimum absolute atomic E-state index is 0.0296. The lowest BCUT2D eigenvalue weighted by Crippen LogP contribution is -2.48. The number of hydrogen-bond donors (Lipinski definition) is 4. The average molecular weight is 564 g/mol. The molecule has 4 aliphatic rings. The Bertz CT molecular complexity index is 1470. The van der Waals surface area contributed by atoms with Gasteiger partial charge in [-0.25, -0.2) is 0 Å². The number of phenols is 1. The molecule has 2 aliphatic carbocycles. The third-order valence-electron chi connectivity index (χ3n) is 8.63. The third-order valence-corrected chi connectivity index (χ3v) is 8.63. The number of Topliss-reactive ketones (excluding diaryl/α,β-unsaturated/α-hetero) is 2. The van der Waals surface area contributed by atoms with Crippen LogP contribution in [0.3, 0.4) is 0 Å². The molecule has 2 heterocycles. The Balaban J connectivity index is 1.48.